The molecule has 1 saturated carbocycles. The van der Waals surface area contributed by atoms with Gasteiger partial charge in [-0.15, -0.1) is 0 Å². The number of rotatable bonds is 4. The highest BCUT2D eigenvalue weighted by molar-refractivity contribution is 9.10. The van der Waals surface area contributed by atoms with Crippen LogP contribution in [0.2, 0.25) is 0 Å². The first-order valence-corrected chi connectivity index (χ1v) is 6.05. The van der Waals surface area contributed by atoms with Crippen LogP contribution in [0.5, 0.6) is 0 Å². The zero-order chi connectivity index (χ0) is 9.97. The molecule has 0 amide bonds. The van der Waals surface area contributed by atoms with Crippen LogP contribution >= 0.6 is 15.9 Å². The van der Waals surface area contributed by atoms with Crippen LogP contribution in [0.4, 0.5) is 5.69 Å². The van der Waals surface area contributed by atoms with Crippen LogP contribution < -0.4 is 5.32 Å². The Hall–Kier alpha value is -0.500. The maximum Gasteiger partial charge on any atom is 0.0487 e. The van der Waals surface area contributed by atoms with Gasteiger partial charge in [0.2, 0.25) is 0 Å². The Morgan fingerprint density at radius 2 is 2.21 bits per heavy atom. The Labute approximate surface area is 94.0 Å². The average molecular weight is 254 g/mol. The van der Waals surface area contributed by atoms with Crippen LogP contribution in [0.15, 0.2) is 22.7 Å². The third-order valence-corrected chi connectivity index (χ3v) is 3.81. The van der Waals surface area contributed by atoms with Crippen LogP contribution in [0, 0.1) is 12.8 Å². The van der Waals surface area contributed by atoms with Gasteiger partial charge >= 0.3 is 0 Å². The van der Waals surface area contributed by atoms with E-state index in [-0.39, 0.29) is 0 Å². The quantitative estimate of drug-likeness (QED) is 0.857. The van der Waals surface area contributed by atoms with E-state index in [1.54, 1.807) is 0 Å². The van der Waals surface area contributed by atoms with E-state index in [4.69, 9.17) is 0 Å². The average Bonchev–Trinajstić information content (AvgIpc) is 2.96. The Morgan fingerprint density at radius 1 is 1.43 bits per heavy atom. The van der Waals surface area contributed by atoms with Gasteiger partial charge in [0.15, 0.2) is 0 Å². The first-order valence-electron chi connectivity index (χ1n) is 5.26. The molecule has 1 aliphatic rings. The highest BCUT2D eigenvalue weighted by Crippen LogP contribution is 2.32. The van der Waals surface area contributed by atoms with Crippen molar-refractivity contribution in [2.45, 2.75) is 26.2 Å². The monoisotopic (exact) mass is 253 g/mol. The van der Waals surface area contributed by atoms with E-state index < -0.39 is 0 Å². The van der Waals surface area contributed by atoms with E-state index in [0.29, 0.717) is 0 Å². The summed E-state index contributed by atoms with van der Waals surface area (Å²) >= 11 is 3.60. The molecule has 0 aromatic heterocycles. The van der Waals surface area contributed by atoms with Gasteiger partial charge in [0.05, 0.1) is 0 Å². The topological polar surface area (TPSA) is 12.0 Å². The predicted octanol–water partition coefficient (Wildman–Crippen LogP) is 3.97. The van der Waals surface area contributed by atoms with Crippen molar-refractivity contribution in [2.24, 2.45) is 5.92 Å². The lowest BCUT2D eigenvalue weighted by Crippen LogP contribution is -2.03. The molecule has 0 saturated heterocycles. The van der Waals surface area contributed by atoms with E-state index >= 15 is 0 Å². The zero-order valence-corrected chi connectivity index (χ0v) is 10.1. The van der Waals surface area contributed by atoms with Crippen molar-refractivity contribution < 1.29 is 0 Å². The highest BCUT2D eigenvalue weighted by Gasteiger charge is 2.20. The van der Waals surface area contributed by atoms with Gasteiger partial charge in [0.25, 0.3) is 0 Å². The van der Waals surface area contributed by atoms with Crippen LogP contribution in [0.25, 0.3) is 0 Å². The molecule has 2 rings (SSSR count). The van der Waals surface area contributed by atoms with Crippen molar-refractivity contribution in [3.8, 4) is 0 Å². The van der Waals surface area contributed by atoms with Crippen LogP contribution in [0.3, 0.4) is 0 Å². The van der Waals surface area contributed by atoms with Gasteiger partial charge in [-0.25, -0.2) is 0 Å². The van der Waals surface area contributed by atoms with Crippen LogP contribution in [-0.2, 0) is 0 Å². The molecule has 1 aromatic rings. The lowest BCUT2D eigenvalue weighted by Gasteiger charge is -2.09. The van der Waals surface area contributed by atoms with E-state index in [9.17, 15) is 0 Å². The van der Waals surface area contributed by atoms with E-state index in [1.807, 2.05) is 0 Å². The molecule has 14 heavy (non-hydrogen) atoms. The summed E-state index contributed by atoms with van der Waals surface area (Å²) in [5.74, 6) is 1.01. The molecule has 0 atom stereocenters. The summed E-state index contributed by atoms with van der Waals surface area (Å²) in [5.41, 5.74) is 2.52. The molecule has 0 aliphatic heterocycles. The predicted molar refractivity (Wildman–Crippen MR) is 64.7 cm³/mol. The highest BCUT2D eigenvalue weighted by atomic mass is 79.9. The summed E-state index contributed by atoms with van der Waals surface area (Å²) in [7, 11) is 0. The Balaban J connectivity index is 1.90. The van der Waals surface area contributed by atoms with E-state index in [0.717, 1.165) is 12.5 Å². The molecule has 0 unspecified atom stereocenters. The van der Waals surface area contributed by atoms with Crippen molar-refractivity contribution in [2.75, 3.05) is 11.9 Å². The maximum atomic E-state index is 3.60. The first-order chi connectivity index (χ1) is 6.77. The fourth-order valence-corrected chi connectivity index (χ4v) is 2.01. The van der Waals surface area contributed by atoms with Gasteiger partial charge in [-0.3, -0.25) is 0 Å². The van der Waals surface area contributed by atoms with Crippen LogP contribution in [-0.4, -0.2) is 6.54 Å². The van der Waals surface area contributed by atoms with E-state index in [1.165, 1.54) is 35.0 Å². The number of benzene rings is 1. The largest absolute Gasteiger partial charge is 0.384 e. The van der Waals surface area contributed by atoms with Crippen molar-refractivity contribution in [1.29, 1.82) is 0 Å². The molecular formula is C12H16BrN. The van der Waals surface area contributed by atoms with Gasteiger partial charge in [-0.05, 0) is 46.8 Å². The summed E-state index contributed by atoms with van der Waals surface area (Å²) in [6.07, 6.45) is 4.20. The van der Waals surface area contributed by atoms with Gasteiger partial charge in [-0.2, -0.15) is 0 Å². The second-order valence-electron chi connectivity index (χ2n) is 4.10. The third-order valence-electron chi connectivity index (χ3n) is 2.76. The molecule has 1 N–H and O–H groups in total. The third kappa shape index (κ3) is 2.50. The Morgan fingerprint density at radius 3 is 2.93 bits per heavy atom. The summed E-state index contributed by atoms with van der Waals surface area (Å²) in [4.78, 5) is 0. The summed E-state index contributed by atoms with van der Waals surface area (Å²) in [6.45, 7) is 3.23. The standard InChI is InChI=1S/C12H16BrN/c1-9-3-2-4-11(12(9)13)14-8-7-10-5-6-10/h2-4,10,14H,5-8H2,1H3. The number of aryl methyl sites for hydroxylation is 1. The van der Waals surface area contributed by atoms with Crippen molar-refractivity contribution in [3.63, 3.8) is 0 Å². The Kier molecular flexibility index (Phi) is 3.12. The molecule has 0 radical (unpaired) electrons. The fourth-order valence-electron chi connectivity index (χ4n) is 1.60. The smallest absolute Gasteiger partial charge is 0.0487 e. The van der Waals surface area contributed by atoms with Gasteiger partial charge in [0.1, 0.15) is 0 Å². The molecule has 1 aromatic carbocycles. The van der Waals surface area contributed by atoms with Gasteiger partial charge in [-0.1, -0.05) is 25.0 Å². The summed E-state index contributed by atoms with van der Waals surface area (Å²) in [6, 6.07) is 6.35. The minimum absolute atomic E-state index is 1.01. The second-order valence-corrected chi connectivity index (χ2v) is 4.89. The lowest BCUT2D eigenvalue weighted by atomic mass is 10.2. The van der Waals surface area contributed by atoms with Crippen molar-refractivity contribution >= 4 is 21.6 Å². The lowest BCUT2D eigenvalue weighted by molar-refractivity contribution is 0.760. The summed E-state index contributed by atoms with van der Waals surface area (Å²) in [5, 5.41) is 3.48. The van der Waals surface area contributed by atoms with Gasteiger partial charge < -0.3 is 5.32 Å². The first kappa shape index (κ1) is 10.0. The van der Waals surface area contributed by atoms with Crippen LogP contribution in [0.1, 0.15) is 24.8 Å². The number of hydrogen-bond donors (Lipinski definition) is 1. The SMILES string of the molecule is Cc1cccc(NCCC2CC2)c1Br. The maximum absolute atomic E-state index is 3.60. The number of halogens is 1. The normalized spacial score (nSPS) is 15.6. The van der Waals surface area contributed by atoms with Crippen molar-refractivity contribution in [1.82, 2.24) is 0 Å². The molecule has 0 heterocycles. The molecular weight excluding hydrogens is 238 g/mol. The number of hydrogen-bond acceptors (Lipinski definition) is 1. The molecule has 0 bridgehead atoms. The number of anilines is 1. The zero-order valence-electron chi connectivity index (χ0n) is 8.52. The second kappa shape index (κ2) is 4.35. The molecule has 1 fully saturated rings. The molecule has 76 valence electrons. The molecule has 0 spiro atoms. The van der Waals surface area contributed by atoms with E-state index in [2.05, 4.69) is 46.4 Å². The Bertz CT molecular complexity index is 318. The molecule has 2 heteroatoms. The number of nitrogens with one attached hydrogen (secondary N) is 1. The minimum atomic E-state index is 1.01. The molecule has 1 aliphatic carbocycles. The van der Waals surface area contributed by atoms with Crippen molar-refractivity contribution in [3.05, 3.63) is 28.2 Å². The molecule has 1 nitrogen and oxygen atoms in total. The van der Waals surface area contributed by atoms with Gasteiger partial charge in [0, 0.05) is 16.7 Å². The fraction of sp³-hybridized carbons (Fsp3) is 0.500. The minimum Gasteiger partial charge on any atom is -0.384 e. The summed E-state index contributed by atoms with van der Waals surface area (Å²) < 4.78 is 1.20.